The molecule has 0 aliphatic carbocycles. The highest BCUT2D eigenvalue weighted by Gasteiger charge is 2.02. The van der Waals surface area contributed by atoms with Crippen molar-refractivity contribution < 1.29 is 4.39 Å². The molecule has 5 heteroatoms. The second-order valence-corrected chi connectivity index (χ2v) is 4.47. The van der Waals surface area contributed by atoms with E-state index in [1.165, 1.54) is 6.07 Å². The van der Waals surface area contributed by atoms with Crippen molar-refractivity contribution in [2.45, 2.75) is 20.3 Å². The zero-order valence-corrected chi connectivity index (χ0v) is 11.1. The molecule has 0 saturated carbocycles. The Balaban J connectivity index is 1.96. The van der Waals surface area contributed by atoms with Crippen LogP contribution in [0.25, 0.3) is 0 Å². The van der Waals surface area contributed by atoms with Gasteiger partial charge in [-0.25, -0.2) is 14.4 Å². The number of aryl methyl sites for hydroxylation is 2. The first-order valence-corrected chi connectivity index (χ1v) is 6.14. The minimum absolute atomic E-state index is 0.201. The van der Waals surface area contributed by atoms with E-state index in [4.69, 9.17) is 5.73 Å². The van der Waals surface area contributed by atoms with Gasteiger partial charge in [-0.15, -0.1) is 0 Å². The highest BCUT2D eigenvalue weighted by Crippen LogP contribution is 2.12. The molecular formula is C14H17FN4. The number of nitrogens with one attached hydrogen (secondary N) is 1. The molecule has 100 valence electrons. The van der Waals surface area contributed by atoms with E-state index < -0.39 is 0 Å². The zero-order valence-electron chi connectivity index (χ0n) is 11.1. The first-order valence-electron chi connectivity index (χ1n) is 6.14. The second kappa shape index (κ2) is 5.65. The summed E-state index contributed by atoms with van der Waals surface area (Å²) < 4.78 is 13.0. The van der Waals surface area contributed by atoms with Crippen LogP contribution in [0.3, 0.4) is 0 Å². The van der Waals surface area contributed by atoms with Gasteiger partial charge in [-0.3, -0.25) is 0 Å². The average molecular weight is 260 g/mol. The molecule has 0 unspecified atom stereocenters. The maximum atomic E-state index is 13.0. The Morgan fingerprint density at radius 1 is 1.21 bits per heavy atom. The summed E-state index contributed by atoms with van der Waals surface area (Å²) in [6.45, 7) is 4.42. The van der Waals surface area contributed by atoms with Crippen molar-refractivity contribution in [2.24, 2.45) is 0 Å². The fourth-order valence-electron chi connectivity index (χ4n) is 1.95. The molecule has 3 N–H and O–H groups in total. The quantitative estimate of drug-likeness (QED) is 0.886. The molecule has 0 aliphatic rings. The monoisotopic (exact) mass is 260 g/mol. The fraction of sp³-hybridized carbons (Fsp3) is 0.286. The standard InChI is InChI=1S/C14H17FN4/c1-9-7-12(15)4-3-11(9)5-6-17-14-8-13(16)18-10(2)19-14/h3-4,7-8H,5-6H2,1-2H3,(H3,16,17,18,19). The largest absolute Gasteiger partial charge is 0.384 e. The zero-order chi connectivity index (χ0) is 13.8. The number of halogens is 1. The smallest absolute Gasteiger partial charge is 0.131 e. The van der Waals surface area contributed by atoms with Gasteiger partial charge in [0, 0.05) is 12.6 Å². The number of nitrogens with zero attached hydrogens (tertiary/aromatic N) is 2. The van der Waals surface area contributed by atoms with E-state index in [1.54, 1.807) is 19.1 Å². The molecule has 1 aromatic carbocycles. The number of hydrogen-bond donors (Lipinski definition) is 2. The van der Waals surface area contributed by atoms with Crippen LogP contribution in [0.1, 0.15) is 17.0 Å². The van der Waals surface area contributed by atoms with Crippen LogP contribution in [0.15, 0.2) is 24.3 Å². The highest BCUT2D eigenvalue weighted by atomic mass is 19.1. The molecule has 0 atom stereocenters. The third-order valence-electron chi connectivity index (χ3n) is 2.86. The predicted octanol–water partition coefficient (Wildman–Crippen LogP) is 2.47. The van der Waals surface area contributed by atoms with Gasteiger partial charge in [-0.1, -0.05) is 6.07 Å². The van der Waals surface area contributed by atoms with E-state index >= 15 is 0 Å². The number of rotatable bonds is 4. The van der Waals surface area contributed by atoms with Gasteiger partial charge in [0.05, 0.1) is 0 Å². The summed E-state index contributed by atoms with van der Waals surface area (Å²) in [7, 11) is 0. The summed E-state index contributed by atoms with van der Waals surface area (Å²) in [5.41, 5.74) is 7.73. The van der Waals surface area contributed by atoms with Crippen LogP contribution in [0, 0.1) is 19.7 Å². The van der Waals surface area contributed by atoms with Crippen LogP contribution in [0.2, 0.25) is 0 Å². The van der Waals surface area contributed by atoms with E-state index in [1.807, 2.05) is 13.0 Å². The van der Waals surface area contributed by atoms with Crippen molar-refractivity contribution in [2.75, 3.05) is 17.6 Å². The molecular weight excluding hydrogens is 243 g/mol. The maximum Gasteiger partial charge on any atom is 0.131 e. The minimum atomic E-state index is -0.201. The van der Waals surface area contributed by atoms with E-state index in [0.29, 0.717) is 24.0 Å². The Morgan fingerprint density at radius 2 is 2.00 bits per heavy atom. The number of hydrogen-bond acceptors (Lipinski definition) is 4. The van der Waals surface area contributed by atoms with Gasteiger partial charge in [-0.2, -0.15) is 0 Å². The third-order valence-corrected chi connectivity index (χ3v) is 2.86. The Hall–Kier alpha value is -2.17. The highest BCUT2D eigenvalue weighted by molar-refractivity contribution is 5.44. The number of aromatic nitrogens is 2. The van der Waals surface area contributed by atoms with Crippen molar-refractivity contribution in [3.63, 3.8) is 0 Å². The summed E-state index contributed by atoms with van der Waals surface area (Å²) >= 11 is 0. The maximum absolute atomic E-state index is 13.0. The Bertz CT molecular complexity index is 563. The number of anilines is 2. The van der Waals surface area contributed by atoms with Crippen molar-refractivity contribution in [3.8, 4) is 0 Å². The van der Waals surface area contributed by atoms with Gasteiger partial charge in [0.2, 0.25) is 0 Å². The van der Waals surface area contributed by atoms with E-state index in [9.17, 15) is 4.39 Å². The molecule has 19 heavy (non-hydrogen) atoms. The first kappa shape index (κ1) is 13.3. The molecule has 0 bridgehead atoms. The van der Waals surface area contributed by atoms with Crippen LogP contribution in [-0.2, 0) is 6.42 Å². The summed E-state index contributed by atoms with van der Waals surface area (Å²) in [4.78, 5) is 8.25. The Labute approximate surface area is 111 Å². The van der Waals surface area contributed by atoms with Crippen molar-refractivity contribution in [1.29, 1.82) is 0 Å². The lowest BCUT2D eigenvalue weighted by molar-refractivity contribution is 0.625. The summed E-state index contributed by atoms with van der Waals surface area (Å²) in [5.74, 6) is 1.60. The molecule has 1 heterocycles. The predicted molar refractivity (Wildman–Crippen MR) is 74.5 cm³/mol. The van der Waals surface area contributed by atoms with Crippen LogP contribution in [0.5, 0.6) is 0 Å². The number of benzene rings is 1. The molecule has 4 nitrogen and oxygen atoms in total. The van der Waals surface area contributed by atoms with Crippen LogP contribution < -0.4 is 11.1 Å². The van der Waals surface area contributed by atoms with Gasteiger partial charge in [0.25, 0.3) is 0 Å². The molecule has 0 amide bonds. The lowest BCUT2D eigenvalue weighted by atomic mass is 10.1. The molecule has 2 aromatic rings. The van der Waals surface area contributed by atoms with Crippen molar-refractivity contribution >= 4 is 11.6 Å². The fourth-order valence-corrected chi connectivity index (χ4v) is 1.95. The van der Waals surface area contributed by atoms with Gasteiger partial charge in [-0.05, 0) is 43.5 Å². The summed E-state index contributed by atoms with van der Waals surface area (Å²) in [5, 5.41) is 3.19. The van der Waals surface area contributed by atoms with Gasteiger partial charge in [0.1, 0.15) is 23.3 Å². The van der Waals surface area contributed by atoms with E-state index in [2.05, 4.69) is 15.3 Å². The molecule has 1 aromatic heterocycles. The normalized spacial score (nSPS) is 10.5. The van der Waals surface area contributed by atoms with E-state index in [-0.39, 0.29) is 5.82 Å². The van der Waals surface area contributed by atoms with Gasteiger partial charge in [0.15, 0.2) is 0 Å². The molecule has 0 fully saturated rings. The van der Waals surface area contributed by atoms with Gasteiger partial charge < -0.3 is 11.1 Å². The van der Waals surface area contributed by atoms with Crippen LogP contribution in [-0.4, -0.2) is 16.5 Å². The summed E-state index contributed by atoms with van der Waals surface area (Å²) in [6, 6.07) is 6.54. The minimum Gasteiger partial charge on any atom is -0.384 e. The van der Waals surface area contributed by atoms with Gasteiger partial charge >= 0.3 is 0 Å². The first-order chi connectivity index (χ1) is 9.04. The topological polar surface area (TPSA) is 63.8 Å². The van der Waals surface area contributed by atoms with Crippen LogP contribution >= 0.6 is 0 Å². The van der Waals surface area contributed by atoms with Crippen molar-refractivity contribution in [3.05, 3.63) is 47.0 Å². The Kier molecular flexibility index (Phi) is 3.94. The molecule has 0 radical (unpaired) electrons. The SMILES string of the molecule is Cc1nc(N)cc(NCCc2ccc(F)cc2C)n1. The molecule has 0 aliphatic heterocycles. The lowest BCUT2D eigenvalue weighted by Gasteiger charge is -2.09. The van der Waals surface area contributed by atoms with Crippen molar-refractivity contribution in [1.82, 2.24) is 9.97 Å². The summed E-state index contributed by atoms with van der Waals surface area (Å²) in [6.07, 6.45) is 0.801. The number of nitrogens with two attached hydrogens (primary N) is 1. The molecule has 0 spiro atoms. The van der Waals surface area contributed by atoms with E-state index in [0.717, 1.165) is 17.5 Å². The number of nitrogen functional groups attached to an aromatic ring is 1. The molecule has 2 rings (SSSR count). The Morgan fingerprint density at radius 3 is 2.68 bits per heavy atom. The third kappa shape index (κ3) is 3.64. The van der Waals surface area contributed by atoms with Crippen LogP contribution in [0.4, 0.5) is 16.0 Å². The molecule has 0 saturated heterocycles. The lowest BCUT2D eigenvalue weighted by Crippen LogP contribution is -2.09. The second-order valence-electron chi connectivity index (χ2n) is 4.47. The average Bonchev–Trinajstić information content (AvgIpc) is 2.30.